The van der Waals surface area contributed by atoms with Gasteiger partial charge < -0.3 is 5.32 Å². The zero-order chi connectivity index (χ0) is 25.8. The van der Waals surface area contributed by atoms with Crippen molar-refractivity contribution in [3.8, 4) is 0 Å². The molecule has 0 aliphatic heterocycles. The van der Waals surface area contributed by atoms with E-state index in [2.05, 4.69) is 45.4 Å². The summed E-state index contributed by atoms with van der Waals surface area (Å²) in [5.41, 5.74) is 4.65. The van der Waals surface area contributed by atoms with E-state index in [-0.39, 0.29) is 5.91 Å². The normalized spacial score (nSPS) is 11.5. The summed E-state index contributed by atoms with van der Waals surface area (Å²) in [6.07, 6.45) is 10.5. The molecule has 2 aromatic rings. The molecule has 186 valence electrons. The zero-order valence-corrected chi connectivity index (χ0v) is 22.1. The van der Waals surface area contributed by atoms with Crippen molar-refractivity contribution in [2.24, 2.45) is 0 Å². The Morgan fingerprint density at radius 1 is 1.06 bits per heavy atom. The Kier molecular flexibility index (Phi) is 11.2. The molecule has 2 rings (SSSR count). The number of carbonyl (C=O) groups excluding carboxylic acids is 1. The lowest BCUT2D eigenvalue weighted by Crippen LogP contribution is -2.27. The second-order valence-electron chi connectivity index (χ2n) is 8.62. The lowest BCUT2D eigenvalue weighted by molar-refractivity contribution is -0.117. The summed E-state index contributed by atoms with van der Waals surface area (Å²) in [7, 11) is 1.72. The molecule has 0 saturated heterocycles. The monoisotopic (exact) mass is 492 g/mol. The van der Waals surface area contributed by atoms with Crippen LogP contribution in [-0.4, -0.2) is 33.3 Å². The number of nitrogens with one attached hydrogen (secondary N) is 1. The van der Waals surface area contributed by atoms with Crippen molar-refractivity contribution in [2.75, 3.05) is 17.3 Å². The maximum atomic E-state index is 12.5. The van der Waals surface area contributed by atoms with Crippen LogP contribution in [0, 0.1) is 0 Å². The molecule has 35 heavy (non-hydrogen) atoms. The highest BCUT2D eigenvalue weighted by atomic mass is 32.1. The molecule has 1 N–H and O–H groups in total. The van der Waals surface area contributed by atoms with Gasteiger partial charge in [0.25, 0.3) is 0 Å². The van der Waals surface area contributed by atoms with Crippen LogP contribution in [0.3, 0.4) is 0 Å². The van der Waals surface area contributed by atoms with E-state index in [1.807, 2.05) is 51.1 Å². The molecule has 0 saturated carbocycles. The van der Waals surface area contributed by atoms with E-state index in [0.717, 1.165) is 63.9 Å². The van der Waals surface area contributed by atoms with Crippen LogP contribution < -0.4 is 10.2 Å². The predicted octanol–water partition coefficient (Wildman–Crippen LogP) is 6.22. The first kappa shape index (κ1) is 27.9. The molecule has 0 aliphatic carbocycles. The van der Waals surface area contributed by atoms with E-state index in [1.165, 1.54) is 0 Å². The molecule has 2 heterocycles. The van der Waals surface area contributed by atoms with Gasteiger partial charge >= 0.3 is 0 Å². The Morgan fingerprint density at radius 3 is 2.46 bits per heavy atom. The minimum atomic E-state index is -0.0285. The van der Waals surface area contributed by atoms with Crippen LogP contribution in [0.2, 0.25) is 0 Å². The minimum absolute atomic E-state index is 0.0285. The summed E-state index contributed by atoms with van der Waals surface area (Å²) >= 11 is 1.55. The highest BCUT2D eigenvalue weighted by Crippen LogP contribution is 2.21. The molecular weight excluding hydrogens is 456 g/mol. The number of aryl methyl sites for hydroxylation is 2. The van der Waals surface area contributed by atoms with Gasteiger partial charge in [-0.25, -0.2) is 0 Å². The lowest BCUT2D eigenvalue weighted by Gasteiger charge is -2.16. The van der Waals surface area contributed by atoms with Crippen LogP contribution >= 0.6 is 11.3 Å². The SMILES string of the molecule is C=C(C)/C=C(\C)CC(=O)N(C)c1ccc(CCCCc2nnc(NC(=C)CC(=C)/C=C\C)s2)nn1. The van der Waals surface area contributed by atoms with Gasteiger partial charge in [-0.1, -0.05) is 60.4 Å². The first-order valence-electron chi connectivity index (χ1n) is 11.7. The maximum absolute atomic E-state index is 12.5. The lowest BCUT2D eigenvalue weighted by atomic mass is 10.1. The van der Waals surface area contributed by atoms with E-state index in [0.29, 0.717) is 18.7 Å². The molecule has 0 radical (unpaired) electrons. The van der Waals surface area contributed by atoms with Crippen LogP contribution in [-0.2, 0) is 17.6 Å². The molecule has 0 bridgehead atoms. The van der Waals surface area contributed by atoms with Gasteiger partial charge in [-0.3, -0.25) is 9.69 Å². The van der Waals surface area contributed by atoms with Crippen molar-refractivity contribution < 1.29 is 4.79 Å². The molecule has 0 unspecified atom stereocenters. The van der Waals surface area contributed by atoms with Crippen LogP contribution in [0.25, 0.3) is 0 Å². The topological polar surface area (TPSA) is 83.9 Å². The number of amides is 1. The molecule has 0 aromatic carbocycles. The van der Waals surface area contributed by atoms with Gasteiger partial charge in [0, 0.05) is 32.0 Å². The fourth-order valence-corrected chi connectivity index (χ4v) is 4.20. The fraction of sp³-hybridized carbons (Fsp3) is 0.370. The summed E-state index contributed by atoms with van der Waals surface area (Å²) in [5.74, 6) is 0.519. The Labute approximate surface area is 213 Å². The van der Waals surface area contributed by atoms with Gasteiger partial charge in [0.15, 0.2) is 5.82 Å². The number of rotatable bonds is 14. The van der Waals surface area contributed by atoms with E-state index >= 15 is 0 Å². The van der Waals surface area contributed by atoms with Crippen LogP contribution in [0.4, 0.5) is 10.9 Å². The molecule has 2 aromatic heterocycles. The third kappa shape index (κ3) is 10.2. The molecule has 0 spiro atoms. The molecule has 8 heteroatoms. The van der Waals surface area contributed by atoms with Gasteiger partial charge in [-0.2, -0.15) is 5.10 Å². The quantitative estimate of drug-likeness (QED) is 0.249. The van der Waals surface area contributed by atoms with E-state index in [1.54, 1.807) is 23.3 Å². The third-order valence-electron chi connectivity index (χ3n) is 5.01. The summed E-state index contributed by atoms with van der Waals surface area (Å²) < 4.78 is 0. The minimum Gasteiger partial charge on any atom is -0.334 e. The van der Waals surface area contributed by atoms with Crippen LogP contribution in [0.5, 0.6) is 0 Å². The average molecular weight is 493 g/mol. The van der Waals surface area contributed by atoms with Gasteiger partial charge in [0.1, 0.15) is 5.01 Å². The Balaban J connectivity index is 1.75. The number of aromatic nitrogens is 4. The molecule has 1 amide bonds. The maximum Gasteiger partial charge on any atom is 0.232 e. The van der Waals surface area contributed by atoms with Crippen LogP contribution in [0.15, 0.2) is 72.5 Å². The molecule has 0 aliphatic rings. The van der Waals surface area contributed by atoms with E-state index < -0.39 is 0 Å². The number of anilines is 2. The zero-order valence-electron chi connectivity index (χ0n) is 21.3. The van der Waals surface area contributed by atoms with E-state index in [4.69, 9.17) is 0 Å². The van der Waals surface area contributed by atoms with Crippen molar-refractivity contribution in [3.05, 3.63) is 83.2 Å². The number of nitrogens with zero attached hydrogens (tertiary/aromatic N) is 5. The van der Waals surface area contributed by atoms with Crippen molar-refractivity contribution in [3.63, 3.8) is 0 Å². The molecule has 0 fully saturated rings. The Hall–Kier alpha value is -3.39. The van der Waals surface area contributed by atoms with Crippen molar-refractivity contribution in [2.45, 2.75) is 59.3 Å². The van der Waals surface area contributed by atoms with Gasteiger partial charge in [0.2, 0.25) is 11.0 Å². The summed E-state index contributed by atoms with van der Waals surface area (Å²) in [6, 6.07) is 3.78. The largest absolute Gasteiger partial charge is 0.334 e. The van der Waals surface area contributed by atoms with Crippen molar-refractivity contribution >= 4 is 28.2 Å². The Bertz CT molecular complexity index is 1100. The second-order valence-corrected chi connectivity index (χ2v) is 9.68. The molecule has 0 atom stereocenters. The number of unbranched alkanes of at least 4 members (excludes halogenated alkanes) is 1. The first-order chi connectivity index (χ1) is 16.7. The summed E-state index contributed by atoms with van der Waals surface area (Å²) in [4.78, 5) is 14.0. The highest BCUT2D eigenvalue weighted by molar-refractivity contribution is 7.15. The number of hydrogen-bond donors (Lipinski definition) is 1. The number of hydrogen-bond acceptors (Lipinski definition) is 7. The average Bonchev–Trinajstić information content (AvgIpc) is 3.23. The van der Waals surface area contributed by atoms with Crippen molar-refractivity contribution in [1.82, 2.24) is 20.4 Å². The summed E-state index contributed by atoms with van der Waals surface area (Å²) in [6.45, 7) is 17.7. The highest BCUT2D eigenvalue weighted by Gasteiger charge is 2.13. The van der Waals surface area contributed by atoms with Crippen molar-refractivity contribution in [1.29, 1.82) is 0 Å². The summed E-state index contributed by atoms with van der Waals surface area (Å²) in [5, 5.41) is 22.0. The second kappa shape index (κ2) is 14.1. The van der Waals surface area contributed by atoms with Gasteiger partial charge in [-0.05, 0) is 57.7 Å². The third-order valence-corrected chi connectivity index (χ3v) is 5.91. The number of carbonyl (C=O) groups is 1. The number of allylic oxidation sites excluding steroid dienone is 5. The van der Waals surface area contributed by atoms with E-state index in [9.17, 15) is 4.79 Å². The molecular formula is C27H36N6OS. The first-order valence-corrected chi connectivity index (χ1v) is 12.5. The van der Waals surface area contributed by atoms with Gasteiger partial charge in [-0.15, -0.1) is 15.3 Å². The standard InChI is InChI=1S/C27H36N6OS/c1-8-11-20(4)17-22(6)28-27-32-31-25(35-27)13-10-9-12-23-14-15-24(30-29-23)33(7)26(34)18-21(5)16-19(2)3/h8,11,14-16H,2,4,6,9-10,12-13,17-18H2,1,3,5,7H3,(H,28,32)/b11-8-,21-16+. The fourth-order valence-electron chi connectivity index (χ4n) is 3.37. The van der Waals surface area contributed by atoms with Gasteiger partial charge in [0.05, 0.1) is 5.69 Å². The Morgan fingerprint density at radius 2 is 1.80 bits per heavy atom. The smallest absolute Gasteiger partial charge is 0.232 e. The van der Waals surface area contributed by atoms with Crippen LogP contribution in [0.1, 0.15) is 57.2 Å². The molecule has 7 nitrogen and oxygen atoms in total. The predicted molar refractivity (Wildman–Crippen MR) is 147 cm³/mol.